The molecule has 0 atom stereocenters. The molecule has 0 bridgehead atoms. The third-order valence-corrected chi connectivity index (χ3v) is 6.62. The number of carbonyl (C=O) groups is 2. The molecular weight excluding hydrogens is 436 g/mol. The quantitative estimate of drug-likeness (QED) is 0.286. The molecule has 1 N–H and O–H groups in total. The summed E-state index contributed by atoms with van der Waals surface area (Å²) in [6.45, 7) is 3.14. The van der Waals surface area contributed by atoms with Gasteiger partial charge in [-0.1, -0.05) is 36.5 Å². The van der Waals surface area contributed by atoms with Crippen LogP contribution in [0.5, 0.6) is 5.75 Å². The Morgan fingerprint density at radius 2 is 2.00 bits per heavy atom. The lowest BCUT2D eigenvalue weighted by atomic mass is 10.1. The van der Waals surface area contributed by atoms with Gasteiger partial charge >= 0.3 is 0 Å². The molecule has 0 saturated carbocycles. The Hall–Kier alpha value is -2.16. The third-order valence-electron chi connectivity index (χ3n) is 4.42. The molecule has 1 aromatic heterocycles. The molecule has 1 aliphatic heterocycles. The highest BCUT2D eigenvalue weighted by atomic mass is 32.2. The Kier molecular flexibility index (Phi) is 8.48. The molecule has 3 rings (SSSR count). The number of thiophene rings is 1. The van der Waals surface area contributed by atoms with Crippen LogP contribution in [0.3, 0.4) is 0 Å². The molecule has 2 heterocycles. The first-order valence-electron chi connectivity index (χ1n) is 9.88. The van der Waals surface area contributed by atoms with E-state index in [9.17, 15) is 9.59 Å². The van der Waals surface area contributed by atoms with E-state index in [1.165, 1.54) is 11.8 Å². The van der Waals surface area contributed by atoms with Gasteiger partial charge in [-0.2, -0.15) is 0 Å². The van der Waals surface area contributed by atoms with Crippen molar-refractivity contribution in [3.05, 3.63) is 51.6 Å². The largest absolute Gasteiger partial charge is 0.494 e. The second-order valence-electron chi connectivity index (χ2n) is 6.66. The molecule has 5 nitrogen and oxygen atoms in total. The Balaban J connectivity index is 1.36. The maximum atomic E-state index is 12.6. The molecule has 1 fully saturated rings. The second-order valence-corrected chi connectivity index (χ2v) is 9.32. The SMILES string of the molecule is CCOc1ccc(NC(=O)CCCCCN2C(=O)C(=Cc3cccs3)SC2=S)cc1. The summed E-state index contributed by atoms with van der Waals surface area (Å²) in [7, 11) is 0. The van der Waals surface area contributed by atoms with E-state index >= 15 is 0 Å². The Morgan fingerprint density at radius 1 is 1.20 bits per heavy atom. The molecule has 30 heavy (non-hydrogen) atoms. The first kappa shape index (κ1) is 22.5. The highest BCUT2D eigenvalue weighted by Gasteiger charge is 2.31. The van der Waals surface area contributed by atoms with Gasteiger partial charge in [0.25, 0.3) is 5.91 Å². The van der Waals surface area contributed by atoms with Crippen LogP contribution >= 0.6 is 35.3 Å². The molecule has 2 aromatic rings. The maximum Gasteiger partial charge on any atom is 0.266 e. The van der Waals surface area contributed by atoms with Crippen molar-refractivity contribution in [2.24, 2.45) is 0 Å². The summed E-state index contributed by atoms with van der Waals surface area (Å²) in [6, 6.07) is 11.3. The molecule has 1 saturated heterocycles. The molecule has 158 valence electrons. The fourth-order valence-electron chi connectivity index (χ4n) is 2.95. The minimum absolute atomic E-state index is 0.0105. The van der Waals surface area contributed by atoms with Crippen LogP contribution in [-0.2, 0) is 9.59 Å². The van der Waals surface area contributed by atoms with Crippen LogP contribution in [0.25, 0.3) is 6.08 Å². The minimum atomic E-state index is -0.0216. The first-order chi connectivity index (χ1) is 14.6. The molecule has 0 spiro atoms. The van der Waals surface area contributed by atoms with Gasteiger partial charge in [0.2, 0.25) is 5.91 Å². The lowest BCUT2D eigenvalue weighted by Crippen LogP contribution is -2.29. The molecule has 2 amide bonds. The number of hydrogen-bond donors (Lipinski definition) is 1. The average molecular weight is 461 g/mol. The van der Waals surface area contributed by atoms with Crippen LogP contribution in [0.4, 0.5) is 5.69 Å². The van der Waals surface area contributed by atoms with Crippen molar-refractivity contribution in [1.82, 2.24) is 4.90 Å². The van der Waals surface area contributed by atoms with Gasteiger partial charge in [0, 0.05) is 23.5 Å². The summed E-state index contributed by atoms with van der Waals surface area (Å²) in [5.41, 5.74) is 0.763. The average Bonchev–Trinajstić information content (AvgIpc) is 3.33. The number of benzene rings is 1. The number of nitrogens with one attached hydrogen (secondary N) is 1. The standard InChI is InChI=1S/C22H24N2O3S3/c1-2-27-17-11-9-16(10-12-17)23-20(25)8-4-3-5-13-24-21(26)19(30-22(24)28)15-18-7-6-14-29-18/h6-7,9-12,14-15H,2-5,8,13H2,1H3,(H,23,25). The van der Waals surface area contributed by atoms with Crippen molar-refractivity contribution < 1.29 is 14.3 Å². The highest BCUT2D eigenvalue weighted by molar-refractivity contribution is 8.26. The predicted octanol–water partition coefficient (Wildman–Crippen LogP) is 5.55. The van der Waals surface area contributed by atoms with Gasteiger partial charge in [-0.15, -0.1) is 11.3 Å². The zero-order valence-electron chi connectivity index (χ0n) is 16.8. The topological polar surface area (TPSA) is 58.6 Å². The normalized spacial score (nSPS) is 15.1. The van der Waals surface area contributed by atoms with Crippen molar-refractivity contribution >= 4 is 63.2 Å². The number of ether oxygens (including phenoxy) is 1. The van der Waals surface area contributed by atoms with Gasteiger partial charge in [0.1, 0.15) is 10.1 Å². The number of amides is 2. The second kappa shape index (κ2) is 11.3. The number of thiocarbonyl (C=S) groups is 1. The summed E-state index contributed by atoms with van der Waals surface area (Å²) < 4.78 is 6.00. The fraction of sp³-hybridized carbons (Fsp3) is 0.318. The summed E-state index contributed by atoms with van der Waals surface area (Å²) >= 11 is 8.32. The number of carbonyl (C=O) groups excluding carboxylic acids is 2. The minimum Gasteiger partial charge on any atom is -0.494 e. The molecular formula is C22H24N2O3S3. The van der Waals surface area contributed by atoms with Crippen LogP contribution in [0.2, 0.25) is 0 Å². The van der Waals surface area contributed by atoms with Gasteiger partial charge in [-0.3, -0.25) is 14.5 Å². The Labute approximate surface area is 190 Å². The Morgan fingerprint density at radius 3 is 2.70 bits per heavy atom. The number of nitrogens with zero attached hydrogens (tertiary/aromatic N) is 1. The van der Waals surface area contributed by atoms with Gasteiger partial charge in [0.05, 0.1) is 11.5 Å². The molecule has 8 heteroatoms. The lowest BCUT2D eigenvalue weighted by Gasteiger charge is -2.14. The van der Waals surface area contributed by atoms with Crippen LogP contribution in [0.1, 0.15) is 37.5 Å². The zero-order chi connectivity index (χ0) is 21.3. The van der Waals surface area contributed by atoms with Crippen molar-refractivity contribution in [2.45, 2.75) is 32.6 Å². The van der Waals surface area contributed by atoms with E-state index in [2.05, 4.69) is 5.32 Å². The third kappa shape index (κ3) is 6.42. The summed E-state index contributed by atoms with van der Waals surface area (Å²) in [4.78, 5) is 28.1. The van der Waals surface area contributed by atoms with Crippen molar-refractivity contribution in [1.29, 1.82) is 0 Å². The van der Waals surface area contributed by atoms with Gasteiger partial charge in [-0.25, -0.2) is 0 Å². The fourth-order valence-corrected chi connectivity index (χ4v) is 4.98. The van der Waals surface area contributed by atoms with Crippen LogP contribution in [0.15, 0.2) is 46.7 Å². The predicted molar refractivity (Wildman–Crippen MR) is 129 cm³/mol. The van der Waals surface area contributed by atoms with Gasteiger partial charge < -0.3 is 10.1 Å². The number of unbranched alkanes of at least 4 members (excludes halogenated alkanes) is 2. The number of rotatable bonds is 10. The van der Waals surface area contributed by atoms with Crippen molar-refractivity contribution in [3.8, 4) is 5.75 Å². The monoisotopic (exact) mass is 460 g/mol. The molecule has 1 aromatic carbocycles. The van der Waals surface area contributed by atoms with Gasteiger partial charge in [0.15, 0.2) is 0 Å². The van der Waals surface area contributed by atoms with Crippen LogP contribution in [-0.4, -0.2) is 34.2 Å². The lowest BCUT2D eigenvalue weighted by molar-refractivity contribution is -0.122. The first-order valence-corrected chi connectivity index (χ1v) is 12.0. The molecule has 0 radical (unpaired) electrons. The Bertz CT molecular complexity index is 908. The zero-order valence-corrected chi connectivity index (χ0v) is 19.2. The summed E-state index contributed by atoms with van der Waals surface area (Å²) in [6.07, 6.45) is 4.79. The van der Waals surface area contributed by atoms with E-state index in [-0.39, 0.29) is 11.8 Å². The van der Waals surface area contributed by atoms with E-state index < -0.39 is 0 Å². The van der Waals surface area contributed by atoms with E-state index in [0.29, 0.717) is 28.8 Å². The van der Waals surface area contributed by atoms with E-state index in [1.54, 1.807) is 16.2 Å². The van der Waals surface area contributed by atoms with E-state index in [1.807, 2.05) is 54.8 Å². The number of thioether (sulfide) groups is 1. The highest BCUT2D eigenvalue weighted by Crippen LogP contribution is 2.33. The molecule has 0 unspecified atom stereocenters. The van der Waals surface area contributed by atoms with Crippen molar-refractivity contribution in [2.75, 3.05) is 18.5 Å². The van der Waals surface area contributed by atoms with Crippen molar-refractivity contribution in [3.63, 3.8) is 0 Å². The summed E-state index contributed by atoms with van der Waals surface area (Å²) in [5, 5.41) is 4.88. The summed E-state index contributed by atoms with van der Waals surface area (Å²) in [5.74, 6) is 0.756. The number of anilines is 1. The van der Waals surface area contributed by atoms with E-state index in [4.69, 9.17) is 17.0 Å². The number of hydrogen-bond acceptors (Lipinski definition) is 6. The maximum absolute atomic E-state index is 12.6. The van der Waals surface area contributed by atoms with Gasteiger partial charge in [-0.05, 0) is 61.6 Å². The van der Waals surface area contributed by atoms with Crippen LogP contribution in [0, 0.1) is 0 Å². The van der Waals surface area contributed by atoms with E-state index in [0.717, 1.165) is 35.6 Å². The molecule has 1 aliphatic rings. The molecule has 0 aliphatic carbocycles. The smallest absolute Gasteiger partial charge is 0.266 e. The van der Waals surface area contributed by atoms with Crippen LogP contribution < -0.4 is 10.1 Å².